The highest BCUT2D eigenvalue weighted by Crippen LogP contribution is 2.38. The monoisotopic (exact) mass is 441 g/mol. The lowest BCUT2D eigenvalue weighted by Gasteiger charge is -2.39. The van der Waals surface area contributed by atoms with E-state index in [1.54, 1.807) is 0 Å². The van der Waals surface area contributed by atoms with E-state index in [2.05, 4.69) is 54.0 Å². The number of hydrogen-bond acceptors (Lipinski definition) is 9. The van der Waals surface area contributed by atoms with E-state index < -0.39 is 0 Å². The highest BCUT2D eigenvalue weighted by molar-refractivity contribution is 5.65. The zero-order chi connectivity index (χ0) is 23.2. The van der Waals surface area contributed by atoms with E-state index in [1.807, 2.05) is 32.1 Å². The van der Waals surface area contributed by atoms with Crippen molar-refractivity contribution in [2.24, 2.45) is 0 Å². The van der Waals surface area contributed by atoms with Crippen molar-refractivity contribution in [3.63, 3.8) is 0 Å². The molecule has 0 saturated heterocycles. The van der Waals surface area contributed by atoms with Gasteiger partial charge in [-0.05, 0) is 64.3 Å². The minimum Gasteiger partial charge on any atom is -0.476 e. The zero-order valence-corrected chi connectivity index (χ0v) is 20.2. The predicted octanol–water partition coefficient (Wildman–Crippen LogP) is 3.18. The fourth-order valence-corrected chi connectivity index (χ4v) is 4.14. The second-order valence-electron chi connectivity index (χ2n) is 9.70. The van der Waals surface area contributed by atoms with Crippen molar-refractivity contribution in [1.29, 1.82) is 0 Å². The number of nitrogen functional groups attached to an aromatic ring is 1. The van der Waals surface area contributed by atoms with Crippen molar-refractivity contribution >= 4 is 23.0 Å². The van der Waals surface area contributed by atoms with Crippen LogP contribution >= 0.6 is 0 Å². The number of aromatic nitrogens is 2. The van der Waals surface area contributed by atoms with Crippen LogP contribution in [0.3, 0.4) is 0 Å². The number of nitrogens with zero attached hydrogens (tertiary/aromatic N) is 5. The zero-order valence-electron chi connectivity index (χ0n) is 20.2. The third-order valence-electron chi connectivity index (χ3n) is 5.87. The Morgan fingerprint density at radius 3 is 2.50 bits per heavy atom. The van der Waals surface area contributed by atoms with Crippen LogP contribution in [0.5, 0.6) is 11.8 Å². The van der Waals surface area contributed by atoms with Crippen molar-refractivity contribution in [2.75, 3.05) is 54.8 Å². The van der Waals surface area contributed by atoms with Gasteiger partial charge in [0.2, 0.25) is 11.8 Å². The van der Waals surface area contributed by atoms with Crippen molar-refractivity contribution in [2.45, 2.75) is 52.8 Å². The van der Waals surface area contributed by atoms with Crippen LogP contribution in [0.1, 0.15) is 38.3 Å². The van der Waals surface area contributed by atoms with Gasteiger partial charge in [0.05, 0.1) is 13.2 Å². The van der Waals surface area contributed by atoms with E-state index in [-0.39, 0.29) is 11.8 Å². The van der Waals surface area contributed by atoms with Crippen molar-refractivity contribution in [3.05, 3.63) is 23.3 Å². The van der Waals surface area contributed by atoms with Gasteiger partial charge in [-0.15, -0.1) is 0 Å². The maximum atomic E-state index is 6.19. The molecule has 0 saturated carbocycles. The van der Waals surface area contributed by atoms with Gasteiger partial charge in [0, 0.05) is 26.2 Å². The lowest BCUT2D eigenvalue weighted by molar-refractivity contribution is 0.181. The van der Waals surface area contributed by atoms with Gasteiger partial charge in [-0.1, -0.05) is 0 Å². The largest absolute Gasteiger partial charge is 0.476 e. The summed E-state index contributed by atoms with van der Waals surface area (Å²) in [5.74, 6) is 2.38. The molecule has 0 aromatic carbocycles. The molecule has 0 spiro atoms. The van der Waals surface area contributed by atoms with E-state index >= 15 is 0 Å². The molecule has 1 atom stereocenters. The topological polar surface area (TPSA) is 92.0 Å². The molecule has 0 radical (unpaired) electrons. The summed E-state index contributed by atoms with van der Waals surface area (Å²) in [6.45, 7) is 12.8. The normalized spacial score (nSPS) is 18.4. The average molecular weight is 442 g/mol. The molecule has 32 heavy (non-hydrogen) atoms. The summed E-state index contributed by atoms with van der Waals surface area (Å²) < 4.78 is 12.2. The Labute approximate surface area is 190 Å². The maximum Gasteiger partial charge on any atom is 0.243 e. The third kappa shape index (κ3) is 4.21. The first-order chi connectivity index (χ1) is 15.0. The molecule has 9 nitrogen and oxygen atoms in total. The Bertz CT molecular complexity index is 1000. The number of hydrogen-bond donors (Lipinski definition) is 2. The first-order valence-corrected chi connectivity index (χ1v) is 11.1. The first-order valence-electron chi connectivity index (χ1n) is 11.1. The molecule has 2 aliphatic rings. The molecule has 2 aromatic rings. The molecule has 0 bridgehead atoms. The summed E-state index contributed by atoms with van der Waals surface area (Å²) in [5.41, 5.74) is 9.93. The van der Waals surface area contributed by atoms with Gasteiger partial charge >= 0.3 is 0 Å². The smallest absolute Gasteiger partial charge is 0.243 e. The molecule has 4 rings (SSSR count). The molecule has 0 amide bonds. The number of anilines is 4. The number of hydrazine groups is 1. The molecular formula is C23H35N7O2. The third-order valence-corrected chi connectivity index (χ3v) is 5.87. The molecule has 2 aromatic heterocycles. The number of fused-ring (bicyclic) bond motifs is 2. The SMILES string of the molecule is Cc1cc2c(nc1N)OC(Nc1nc3c(cc1C)N(C(C)(C)C)CCCO3)CN2N(C)C. The molecule has 3 N–H and O–H groups in total. The molecule has 4 heterocycles. The van der Waals surface area contributed by atoms with Crippen molar-refractivity contribution in [1.82, 2.24) is 15.0 Å². The van der Waals surface area contributed by atoms with Gasteiger partial charge in [-0.2, -0.15) is 9.97 Å². The first kappa shape index (κ1) is 22.3. The maximum absolute atomic E-state index is 6.19. The molecule has 2 aliphatic heterocycles. The number of aryl methyl sites for hydroxylation is 2. The van der Waals surface area contributed by atoms with E-state index in [0.29, 0.717) is 30.7 Å². The molecule has 1 unspecified atom stereocenters. The van der Waals surface area contributed by atoms with Gasteiger partial charge < -0.3 is 25.4 Å². The van der Waals surface area contributed by atoms with Gasteiger partial charge in [0.15, 0.2) is 6.23 Å². The van der Waals surface area contributed by atoms with Crippen LogP contribution in [-0.4, -0.2) is 60.5 Å². The minimum atomic E-state index is -0.353. The highest BCUT2D eigenvalue weighted by Gasteiger charge is 2.31. The van der Waals surface area contributed by atoms with Crippen LogP contribution in [0.2, 0.25) is 0 Å². The summed E-state index contributed by atoms with van der Waals surface area (Å²) in [4.78, 5) is 11.7. The summed E-state index contributed by atoms with van der Waals surface area (Å²) in [7, 11) is 4.00. The van der Waals surface area contributed by atoms with Crippen LogP contribution in [-0.2, 0) is 0 Å². The number of nitrogens with two attached hydrogens (primary N) is 1. The van der Waals surface area contributed by atoms with Crippen LogP contribution in [0, 0.1) is 13.8 Å². The van der Waals surface area contributed by atoms with Crippen molar-refractivity contribution in [3.8, 4) is 11.8 Å². The lowest BCUT2D eigenvalue weighted by Crippen LogP contribution is -2.50. The molecular weight excluding hydrogens is 406 g/mol. The lowest BCUT2D eigenvalue weighted by atomic mass is 10.0. The Morgan fingerprint density at radius 1 is 1.09 bits per heavy atom. The van der Waals surface area contributed by atoms with Crippen LogP contribution < -0.4 is 30.4 Å². The second kappa shape index (κ2) is 8.20. The summed E-state index contributed by atoms with van der Waals surface area (Å²) in [6, 6.07) is 4.16. The molecule has 174 valence electrons. The standard InChI is InChI=1S/C23H35N7O2/c1-14-11-17-22(26-19(14)24)32-18(13-30(17)28(6)7)25-20-15(2)12-16-21(27-20)31-10-8-9-29(16)23(3,4)5/h11-12,18H,8-10,13H2,1-7H3,(H2,24,26)(H,25,27). The van der Waals surface area contributed by atoms with Gasteiger partial charge in [-0.3, -0.25) is 5.01 Å². The van der Waals surface area contributed by atoms with E-state index in [4.69, 9.17) is 20.2 Å². The van der Waals surface area contributed by atoms with Crippen LogP contribution in [0.25, 0.3) is 0 Å². The van der Waals surface area contributed by atoms with Gasteiger partial charge in [0.1, 0.15) is 23.0 Å². The fraction of sp³-hybridized carbons (Fsp3) is 0.565. The minimum absolute atomic E-state index is 0.0162. The number of pyridine rings is 2. The van der Waals surface area contributed by atoms with Crippen LogP contribution in [0.4, 0.5) is 23.0 Å². The Hall–Kier alpha value is -2.94. The van der Waals surface area contributed by atoms with E-state index in [9.17, 15) is 0 Å². The summed E-state index contributed by atoms with van der Waals surface area (Å²) >= 11 is 0. The number of rotatable bonds is 3. The van der Waals surface area contributed by atoms with Gasteiger partial charge in [0.25, 0.3) is 0 Å². The second-order valence-corrected chi connectivity index (χ2v) is 9.70. The Kier molecular flexibility index (Phi) is 5.70. The molecule has 0 fully saturated rings. The highest BCUT2D eigenvalue weighted by atomic mass is 16.5. The van der Waals surface area contributed by atoms with E-state index in [0.717, 1.165) is 41.3 Å². The molecule has 9 heteroatoms. The van der Waals surface area contributed by atoms with E-state index in [1.165, 1.54) is 0 Å². The Balaban J connectivity index is 1.64. The summed E-state index contributed by atoms with van der Waals surface area (Å²) in [5, 5.41) is 7.59. The number of nitrogens with one attached hydrogen (secondary N) is 1. The molecule has 0 aliphatic carbocycles. The average Bonchev–Trinajstić information content (AvgIpc) is 2.90. The number of ether oxygens (including phenoxy) is 2. The summed E-state index contributed by atoms with van der Waals surface area (Å²) in [6.07, 6.45) is 0.607. The fourth-order valence-electron chi connectivity index (χ4n) is 4.14. The van der Waals surface area contributed by atoms with Crippen LogP contribution in [0.15, 0.2) is 12.1 Å². The van der Waals surface area contributed by atoms with Gasteiger partial charge in [-0.25, -0.2) is 5.01 Å². The Morgan fingerprint density at radius 2 is 1.81 bits per heavy atom. The predicted molar refractivity (Wildman–Crippen MR) is 129 cm³/mol. The van der Waals surface area contributed by atoms with Crippen molar-refractivity contribution < 1.29 is 9.47 Å². The quantitative estimate of drug-likeness (QED) is 0.745.